The first-order valence-corrected chi connectivity index (χ1v) is 4.07. The first-order valence-electron chi connectivity index (χ1n) is 3.69. The van der Waals surface area contributed by atoms with Crippen LogP contribution in [-0.4, -0.2) is 34.8 Å². The normalized spacial score (nSPS) is 11.3. The first-order chi connectivity index (χ1) is 6.90. The van der Waals surface area contributed by atoms with Crippen LogP contribution in [0.15, 0.2) is 0 Å². The van der Waals surface area contributed by atoms with Gasteiger partial charge in [-0.25, -0.2) is 0 Å². The Morgan fingerprint density at radius 1 is 1.33 bits per heavy atom. The van der Waals surface area contributed by atoms with Gasteiger partial charge in [0, 0.05) is 7.05 Å². The molecular weight excluding hydrogens is 237 g/mol. The van der Waals surface area contributed by atoms with Crippen molar-refractivity contribution in [1.29, 1.82) is 0 Å². The smallest absolute Gasteiger partial charge is 0.422 e. The van der Waals surface area contributed by atoms with E-state index in [2.05, 4.69) is 25.0 Å². The van der Waals surface area contributed by atoms with Gasteiger partial charge in [-0.3, -0.25) is 0 Å². The lowest BCUT2D eigenvalue weighted by Crippen LogP contribution is -2.20. The van der Waals surface area contributed by atoms with E-state index in [1.54, 1.807) is 0 Å². The lowest BCUT2D eigenvalue weighted by molar-refractivity contribution is -0.154. The number of aromatic nitrogens is 3. The molecule has 0 amide bonds. The number of anilines is 1. The van der Waals surface area contributed by atoms with Crippen molar-refractivity contribution < 1.29 is 17.9 Å². The quantitative estimate of drug-likeness (QED) is 0.871. The van der Waals surface area contributed by atoms with Gasteiger partial charge in [0.25, 0.3) is 0 Å². The predicted octanol–water partition coefficient (Wildman–Crippen LogP) is 1.51. The molecule has 1 N–H and O–H groups in total. The van der Waals surface area contributed by atoms with E-state index >= 15 is 0 Å². The highest BCUT2D eigenvalue weighted by Crippen LogP contribution is 2.17. The third-order valence-electron chi connectivity index (χ3n) is 1.18. The molecule has 9 heteroatoms. The Balaban J connectivity index is 2.73. The summed E-state index contributed by atoms with van der Waals surface area (Å²) < 4.78 is 39.6. The van der Waals surface area contributed by atoms with Gasteiger partial charge in [-0.2, -0.15) is 28.1 Å². The maximum absolute atomic E-state index is 11.8. The number of alkyl halides is 3. The number of halogens is 4. The molecule has 0 radical (unpaired) electrons. The Morgan fingerprint density at radius 3 is 2.53 bits per heavy atom. The minimum atomic E-state index is -4.45. The molecule has 0 aliphatic carbocycles. The van der Waals surface area contributed by atoms with Crippen LogP contribution in [0.2, 0.25) is 5.28 Å². The number of ether oxygens (including phenoxy) is 1. The van der Waals surface area contributed by atoms with Crippen molar-refractivity contribution in [2.45, 2.75) is 6.18 Å². The van der Waals surface area contributed by atoms with Crippen LogP contribution in [0.1, 0.15) is 0 Å². The van der Waals surface area contributed by atoms with Gasteiger partial charge in [0.2, 0.25) is 11.2 Å². The molecule has 0 spiro atoms. The van der Waals surface area contributed by atoms with Crippen molar-refractivity contribution in [3.8, 4) is 6.01 Å². The molecule has 1 rings (SSSR count). The van der Waals surface area contributed by atoms with Gasteiger partial charge in [0.15, 0.2) is 6.61 Å². The van der Waals surface area contributed by atoms with E-state index < -0.39 is 18.8 Å². The van der Waals surface area contributed by atoms with E-state index in [-0.39, 0.29) is 11.2 Å². The Morgan fingerprint density at radius 2 is 2.00 bits per heavy atom. The van der Waals surface area contributed by atoms with E-state index in [1.807, 2.05) is 0 Å². The van der Waals surface area contributed by atoms with Gasteiger partial charge in [-0.1, -0.05) is 0 Å². The molecule has 15 heavy (non-hydrogen) atoms. The van der Waals surface area contributed by atoms with Crippen LogP contribution in [0.5, 0.6) is 6.01 Å². The second kappa shape index (κ2) is 4.47. The molecule has 0 unspecified atom stereocenters. The average molecular weight is 243 g/mol. The van der Waals surface area contributed by atoms with E-state index in [0.717, 1.165) is 0 Å². The standard InChI is InChI=1S/C6H6ClF3N4O/c1-11-4-12-3(7)13-5(14-4)15-2-6(8,9)10/h2H2,1H3,(H,11,12,13,14). The summed E-state index contributed by atoms with van der Waals surface area (Å²) in [6.45, 7) is -1.48. The predicted molar refractivity (Wildman–Crippen MR) is 45.9 cm³/mol. The summed E-state index contributed by atoms with van der Waals surface area (Å²) in [4.78, 5) is 10.4. The summed E-state index contributed by atoms with van der Waals surface area (Å²) in [5, 5.41) is 2.25. The Kier molecular flexibility index (Phi) is 3.51. The Bertz CT molecular complexity index is 346. The SMILES string of the molecule is CNc1nc(Cl)nc(OCC(F)(F)F)n1. The molecule has 0 atom stereocenters. The molecule has 0 fully saturated rings. The summed E-state index contributed by atoms with van der Waals surface area (Å²) >= 11 is 5.42. The van der Waals surface area contributed by atoms with Crippen molar-refractivity contribution >= 4 is 17.5 Å². The molecule has 0 aromatic carbocycles. The van der Waals surface area contributed by atoms with E-state index in [0.29, 0.717) is 0 Å². The molecule has 0 aliphatic heterocycles. The van der Waals surface area contributed by atoms with Gasteiger partial charge in [0.1, 0.15) is 0 Å². The molecule has 0 saturated carbocycles. The summed E-state index contributed by atoms with van der Waals surface area (Å²) in [7, 11) is 1.49. The molecule has 1 aromatic heterocycles. The molecule has 84 valence electrons. The molecule has 0 saturated heterocycles. The Labute approximate surface area is 87.6 Å². The molecule has 5 nitrogen and oxygen atoms in total. The summed E-state index contributed by atoms with van der Waals surface area (Å²) in [6.07, 6.45) is -4.45. The molecular formula is C6H6ClF3N4O. The van der Waals surface area contributed by atoms with Crippen molar-refractivity contribution in [3.63, 3.8) is 0 Å². The van der Waals surface area contributed by atoms with Crippen LogP contribution in [0, 0.1) is 0 Å². The van der Waals surface area contributed by atoms with Crippen LogP contribution in [-0.2, 0) is 0 Å². The van der Waals surface area contributed by atoms with Gasteiger partial charge in [-0.05, 0) is 11.6 Å². The van der Waals surface area contributed by atoms with Crippen LogP contribution in [0.25, 0.3) is 0 Å². The fourth-order valence-corrected chi connectivity index (χ4v) is 0.807. The monoisotopic (exact) mass is 242 g/mol. The van der Waals surface area contributed by atoms with E-state index in [9.17, 15) is 13.2 Å². The minimum Gasteiger partial charge on any atom is -0.454 e. The zero-order valence-corrected chi connectivity index (χ0v) is 8.22. The third kappa shape index (κ3) is 4.15. The zero-order valence-electron chi connectivity index (χ0n) is 7.47. The van der Waals surface area contributed by atoms with Crippen LogP contribution in [0.4, 0.5) is 19.1 Å². The number of rotatable bonds is 3. The third-order valence-corrected chi connectivity index (χ3v) is 1.35. The zero-order chi connectivity index (χ0) is 11.5. The highest BCUT2D eigenvalue weighted by atomic mass is 35.5. The molecule has 0 bridgehead atoms. The van der Waals surface area contributed by atoms with Crippen molar-refractivity contribution in [3.05, 3.63) is 5.28 Å². The first kappa shape index (κ1) is 11.8. The fraction of sp³-hybridized carbons (Fsp3) is 0.500. The van der Waals surface area contributed by atoms with E-state index in [1.165, 1.54) is 7.05 Å². The number of hydrogen-bond donors (Lipinski definition) is 1. The van der Waals surface area contributed by atoms with Gasteiger partial charge in [-0.15, -0.1) is 0 Å². The average Bonchev–Trinajstić information content (AvgIpc) is 2.13. The summed E-state index contributed by atoms with van der Waals surface area (Å²) in [5.41, 5.74) is 0. The van der Waals surface area contributed by atoms with Crippen molar-refractivity contribution in [2.75, 3.05) is 19.0 Å². The largest absolute Gasteiger partial charge is 0.454 e. The topological polar surface area (TPSA) is 59.9 Å². The second-order valence-corrected chi connectivity index (χ2v) is 2.70. The highest BCUT2D eigenvalue weighted by molar-refractivity contribution is 6.28. The number of nitrogens with zero attached hydrogens (tertiary/aromatic N) is 3. The lowest BCUT2D eigenvalue weighted by Gasteiger charge is -2.07. The van der Waals surface area contributed by atoms with Gasteiger partial charge >= 0.3 is 12.2 Å². The van der Waals surface area contributed by atoms with Gasteiger partial charge < -0.3 is 10.1 Å². The lowest BCUT2D eigenvalue weighted by atomic mass is 10.7. The van der Waals surface area contributed by atoms with Crippen molar-refractivity contribution in [1.82, 2.24) is 15.0 Å². The van der Waals surface area contributed by atoms with Crippen LogP contribution >= 0.6 is 11.6 Å². The second-order valence-electron chi connectivity index (χ2n) is 2.36. The maximum Gasteiger partial charge on any atom is 0.422 e. The fourth-order valence-electron chi connectivity index (χ4n) is 0.655. The number of nitrogens with one attached hydrogen (secondary N) is 1. The van der Waals surface area contributed by atoms with E-state index in [4.69, 9.17) is 11.6 Å². The summed E-state index contributed by atoms with van der Waals surface area (Å²) in [5.74, 6) is 0.0344. The molecule has 0 aliphatic rings. The minimum absolute atomic E-state index is 0.0344. The Hall–Kier alpha value is -1.31. The number of hydrogen-bond acceptors (Lipinski definition) is 5. The van der Waals surface area contributed by atoms with Gasteiger partial charge in [0.05, 0.1) is 0 Å². The summed E-state index contributed by atoms with van der Waals surface area (Å²) in [6, 6.07) is -0.475. The van der Waals surface area contributed by atoms with Crippen LogP contribution in [0.3, 0.4) is 0 Å². The van der Waals surface area contributed by atoms with Crippen molar-refractivity contribution in [2.24, 2.45) is 0 Å². The van der Waals surface area contributed by atoms with Crippen LogP contribution < -0.4 is 10.1 Å². The maximum atomic E-state index is 11.8. The molecule has 1 heterocycles. The molecule has 1 aromatic rings. The highest BCUT2D eigenvalue weighted by Gasteiger charge is 2.29.